The number of carbonyl (C=O) groups excluding carboxylic acids is 1. The molecule has 0 spiro atoms. The molecule has 1 amide bonds. The molecule has 0 aliphatic heterocycles. The number of sulfonamides is 1. The largest absolute Gasteiger partial charge is 0.438 e. The van der Waals surface area contributed by atoms with Crippen molar-refractivity contribution in [2.24, 2.45) is 0 Å². The number of nitrogens with zero attached hydrogens (tertiary/aromatic N) is 1. The highest BCUT2D eigenvalue weighted by molar-refractivity contribution is 7.89. The third-order valence-electron chi connectivity index (χ3n) is 4.27. The minimum Gasteiger partial charge on any atom is -0.438 e. The number of aromatic nitrogens is 1. The number of furan rings is 1. The summed E-state index contributed by atoms with van der Waals surface area (Å²) in [7, 11) is -2.47. The van der Waals surface area contributed by atoms with Gasteiger partial charge >= 0.3 is 0 Å². The van der Waals surface area contributed by atoms with Crippen LogP contribution in [0.5, 0.6) is 0 Å². The van der Waals surface area contributed by atoms with Crippen molar-refractivity contribution in [3.63, 3.8) is 0 Å². The summed E-state index contributed by atoms with van der Waals surface area (Å²) < 4.78 is 31.8. The molecule has 2 heterocycles. The molecule has 9 heteroatoms. The number of anilines is 1. The van der Waals surface area contributed by atoms with Crippen LogP contribution in [0.3, 0.4) is 0 Å². The molecule has 2 aromatic carbocycles. The quantitative estimate of drug-likeness (QED) is 0.501. The molecule has 4 aromatic rings. The van der Waals surface area contributed by atoms with E-state index < -0.39 is 15.9 Å². The van der Waals surface area contributed by atoms with Crippen molar-refractivity contribution in [3.05, 3.63) is 65.9 Å². The molecule has 0 unspecified atom stereocenters. The fourth-order valence-corrected chi connectivity index (χ4v) is 4.45. The molecular weight excluding hydrogens is 410 g/mol. The number of carbonyl (C=O) groups is 1. The van der Waals surface area contributed by atoms with E-state index in [1.165, 1.54) is 24.7 Å². The molecule has 0 radical (unpaired) electrons. The summed E-state index contributed by atoms with van der Waals surface area (Å²) in [6, 6.07) is 16.0. The zero-order chi connectivity index (χ0) is 20.6. The number of aryl methyl sites for hydroxylation is 1. The number of thiazole rings is 1. The lowest BCUT2D eigenvalue weighted by molar-refractivity contribution is 0.0991. The van der Waals surface area contributed by atoms with Crippen LogP contribution in [0, 0.1) is 6.92 Å². The number of hydrogen-bond donors (Lipinski definition) is 2. The Morgan fingerprint density at radius 1 is 1.07 bits per heavy atom. The number of hydrogen-bond acceptors (Lipinski definition) is 6. The molecule has 0 fully saturated rings. The van der Waals surface area contributed by atoms with E-state index in [0.29, 0.717) is 5.69 Å². The average Bonchev–Trinajstić information content (AvgIpc) is 3.36. The molecule has 29 heavy (non-hydrogen) atoms. The van der Waals surface area contributed by atoms with E-state index in [2.05, 4.69) is 21.1 Å². The number of fused-ring (bicyclic) bond motifs is 1. The Morgan fingerprint density at radius 3 is 2.55 bits per heavy atom. The van der Waals surface area contributed by atoms with Gasteiger partial charge in [0.25, 0.3) is 15.9 Å². The van der Waals surface area contributed by atoms with Gasteiger partial charge in [-0.15, -0.1) is 11.3 Å². The van der Waals surface area contributed by atoms with Crippen LogP contribution in [0.2, 0.25) is 0 Å². The second-order valence-electron chi connectivity index (χ2n) is 6.35. The third-order valence-corrected chi connectivity index (χ3v) is 6.63. The molecule has 0 saturated heterocycles. The third kappa shape index (κ3) is 3.93. The SMILES string of the molecule is CNS(=O)(=O)c1ccc(C(=O)Nc2ccc(-c3nc4ccc(C)cc4s3)cc2)o1. The molecule has 0 bridgehead atoms. The molecule has 2 aromatic heterocycles. The maximum absolute atomic E-state index is 12.3. The van der Waals surface area contributed by atoms with E-state index in [0.717, 1.165) is 20.8 Å². The van der Waals surface area contributed by atoms with Gasteiger partial charge in [-0.05, 0) is 68.1 Å². The van der Waals surface area contributed by atoms with E-state index in [-0.39, 0.29) is 10.9 Å². The van der Waals surface area contributed by atoms with Crippen LogP contribution in [0.4, 0.5) is 5.69 Å². The average molecular weight is 428 g/mol. The Bertz CT molecular complexity index is 1310. The smallest absolute Gasteiger partial charge is 0.291 e. The Hall–Kier alpha value is -3.01. The fourth-order valence-electron chi connectivity index (χ4n) is 2.73. The van der Waals surface area contributed by atoms with Gasteiger partial charge < -0.3 is 9.73 Å². The van der Waals surface area contributed by atoms with Gasteiger partial charge in [-0.25, -0.2) is 18.1 Å². The summed E-state index contributed by atoms with van der Waals surface area (Å²) in [5.74, 6) is -0.629. The normalized spacial score (nSPS) is 11.7. The van der Waals surface area contributed by atoms with Crippen LogP contribution in [0.1, 0.15) is 16.1 Å². The van der Waals surface area contributed by atoms with Crippen molar-refractivity contribution in [2.75, 3.05) is 12.4 Å². The summed E-state index contributed by atoms with van der Waals surface area (Å²) in [5.41, 5.74) is 3.65. The zero-order valence-electron chi connectivity index (χ0n) is 15.6. The second kappa shape index (κ2) is 7.43. The predicted molar refractivity (Wildman–Crippen MR) is 113 cm³/mol. The van der Waals surface area contributed by atoms with Gasteiger partial charge in [0.2, 0.25) is 5.09 Å². The van der Waals surface area contributed by atoms with Gasteiger partial charge in [0.1, 0.15) is 5.01 Å². The van der Waals surface area contributed by atoms with Gasteiger partial charge in [-0.1, -0.05) is 6.07 Å². The van der Waals surface area contributed by atoms with Crippen molar-refractivity contribution in [1.29, 1.82) is 0 Å². The molecule has 7 nitrogen and oxygen atoms in total. The van der Waals surface area contributed by atoms with Crippen LogP contribution in [0.25, 0.3) is 20.8 Å². The number of rotatable bonds is 5. The summed E-state index contributed by atoms with van der Waals surface area (Å²) in [6.45, 7) is 2.05. The van der Waals surface area contributed by atoms with Crippen molar-refractivity contribution in [1.82, 2.24) is 9.71 Å². The maximum Gasteiger partial charge on any atom is 0.291 e. The van der Waals surface area contributed by atoms with Crippen LogP contribution in [0.15, 0.2) is 64.1 Å². The molecule has 2 N–H and O–H groups in total. The minimum atomic E-state index is -3.74. The first kappa shape index (κ1) is 19.3. The highest BCUT2D eigenvalue weighted by Crippen LogP contribution is 2.31. The van der Waals surface area contributed by atoms with Crippen LogP contribution in [-0.4, -0.2) is 26.4 Å². The summed E-state index contributed by atoms with van der Waals surface area (Å²) in [6.07, 6.45) is 0. The van der Waals surface area contributed by atoms with E-state index in [1.807, 2.05) is 31.2 Å². The number of nitrogens with one attached hydrogen (secondary N) is 2. The van der Waals surface area contributed by atoms with Gasteiger partial charge in [0, 0.05) is 11.3 Å². The fraction of sp³-hybridized carbons (Fsp3) is 0.100. The summed E-state index contributed by atoms with van der Waals surface area (Å²) >= 11 is 1.61. The lowest BCUT2D eigenvalue weighted by Gasteiger charge is -2.04. The molecule has 0 aliphatic carbocycles. The first-order valence-corrected chi connectivity index (χ1v) is 11.0. The van der Waals surface area contributed by atoms with Crippen LogP contribution < -0.4 is 10.0 Å². The van der Waals surface area contributed by atoms with Crippen LogP contribution in [-0.2, 0) is 10.0 Å². The molecule has 148 valence electrons. The van der Waals surface area contributed by atoms with E-state index in [1.54, 1.807) is 23.5 Å². The Morgan fingerprint density at radius 2 is 1.83 bits per heavy atom. The first-order valence-electron chi connectivity index (χ1n) is 8.68. The Labute approximate surface area is 171 Å². The van der Waals surface area contributed by atoms with Crippen molar-refractivity contribution in [3.8, 4) is 10.6 Å². The lowest BCUT2D eigenvalue weighted by atomic mass is 10.2. The monoisotopic (exact) mass is 427 g/mol. The lowest BCUT2D eigenvalue weighted by Crippen LogP contribution is -2.18. The van der Waals surface area contributed by atoms with E-state index in [4.69, 9.17) is 4.42 Å². The summed E-state index contributed by atoms with van der Waals surface area (Å²) in [5, 5.41) is 3.27. The predicted octanol–water partition coefficient (Wildman–Crippen LogP) is 4.03. The highest BCUT2D eigenvalue weighted by atomic mass is 32.2. The first-order chi connectivity index (χ1) is 13.9. The number of amides is 1. The molecule has 0 aliphatic rings. The van der Waals surface area contributed by atoms with Crippen LogP contribution >= 0.6 is 11.3 Å². The van der Waals surface area contributed by atoms with E-state index >= 15 is 0 Å². The standard InChI is InChI=1S/C20H17N3O4S2/c1-12-3-8-15-17(11-12)28-20(23-15)13-4-6-14(7-5-13)22-19(24)16-9-10-18(27-16)29(25,26)21-2/h3-11,21H,1-2H3,(H,22,24). The Balaban J connectivity index is 1.51. The van der Waals surface area contributed by atoms with Gasteiger partial charge in [0.05, 0.1) is 10.2 Å². The van der Waals surface area contributed by atoms with Gasteiger partial charge in [0.15, 0.2) is 5.76 Å². The Kier molecular flexibility index (Phi) is 4.95. The summed E-state index contributed by atoms with van der Waals surface area (Å²) in [4.78, 5) is 17.0. The van der Waals surface area contributed by atoms with E-state index in [9.17, 15) is 13.2 Å². The van der Waals surface area contributed by atoms with Crippen molar-refractivity contribution < 1.29 is 17.6 Å². The second-order valence-corrected chi connectivity index (χ2v) is 9.20. The van der Waals surface area contributed by atoms with Gasteiger partial charge in [-0.2, -0.15) is 0 Å². The minimum absolute atomic E-state index is 0.0931. The zero-order valence-corrected chi connectivity index (χ0v) is 17.2. The highest BCUT2D eigenvalue weighted by Gasteiger charge is 2.19. The maximum atomic E-state index is 12.3. The number of benzene rings is 2. The molecule has 4 rings (SSSR count). The van der Waals surface area contributed by atoms with Crippen molar-refractivity contribution >= 4 is 43.2 Å². The van der Waals surface area contributed by atoms with Crippen molar-refractivity contribution in [2.45, 2.75) is 12.0 Å². The molecular formula is C20H17N3O4S2. The topological polar surface area (TPSA) is 101 Å². The molecule has 0 saturated carbocycles. The molecule has 0 atom stereocenters. The van der Waals surface area contributed by atoms with Gasteiger partial charge in [-0.3, -0.25) is 4.79 Å².